The summed E-state index contributed by atoms with van der Waals surface area (Å²) in [6, 6.07) is 9.54. The Morgan fingerprint density at radius 1 is 1.30 bits per heavy atom. The van der Waals surface area contributed by atoms with E-state index in [0.717, 1.165) is 12.6 Å². The van der Waals surface area contributed by atoms with Gasteiger partial charge in [0.15, 0.2) is 0 Å². The summed E-state index contributed by atoms with van der Waals surface area (Å²) in [5.74, 6) is 0.700. The minimum absolute atomic E-state index is 0.700. The van der Waals surface area contributed by atoms with Gasteiger partial charge in [0, 0.05) is 30.7 Å². The Kier molecular flexibility index (Phi) is 4.27. The van der Waals surface area contributed by atoms with Crippen molar-refractivity contribution in [2.75, 3.05) is 45.6 Å². The number of hydrogen-bond donors (Lipinski definition) is 1. The molecule has 0 aromatic heterocycles. The Bertz CT molecular complexity index is 444. The molecule has 0 amide bonds. The molecule has 1 aromatic rings. The number of para-hydroxylation sites is 1. The van der Waals surface area contributed by atoms with Crippen molar-refractivity contribution < 1.29 is 0 Å². The first-order valence-corrected chi connectivity index (χ1v) is 7.95. The first-order chi connectivity index (χ1) is 9.74. The van der Waals surface area contributed by atoms with Crippen molar-refractivity contribution in [3.8, 4) is 0 Å². The SMILES string of the molecule is CN(C)C1CCCN(CCC2CNc3ccccc32)C1. The Morgan fingerprint density at radius 2 is 2.15 bits per heavy atom. The largest absolute Gasteiger partial charge is 0.384 e. The predicted octanol–water partition coefficient (Wildman–Crippen LogP) is 2.61. The van der Waals surface area contributed by atoms with Gasteiger partial charge >= 0.3 is 0 Å². The number of nitrogens with zero attached hydrogens (tertiary/aromatic N) is 2. The lowest BCUT2D eigenvalue weighted by molar-refractivity contribution is 0.130. The summed E-state index contributed by atoms with van der Waals surface area (Å²) in [5, 5.41) is 3.54. The molecule has 20 heavy (non-hydrogen) atoms. The van der Waals surface area contributed by atoms with Crippen LogP contribution in [-0.2, 0) is 0 Å². The summed E-state index contributed by atoms with van der Waals surface area (Å²) in [7, 11) is 4.43. The number of likely N-dealkylation sites (tertiary alicyclic amines) is 1. The first kappa shape index (κ1) is 13.9. The molecule has 3 rings (SSSR count). The summed E-state index contributed by atoms with van der Waals surface area (Å²) >= 11 is 0. The smallest absolute Gasteiger partial charge is 0.0376 e. The van der Waals surface area contributed by atoms with E-state index in [-0.39, 0.29) is 0 Å². The maximum absolute atomic E-state index is 3.54. The molecule has 1 N–H and O–H groups in total. The van der Waals surface area contributed by atoms with Crippen LogP contribution in [0.15, 0.2) is 24.3 Å². The molecular formula is C17H27N3. The first-order valence-electron chi connectivity index (χ1n) is 7.95. The van der Waals surface area contributed by atoms with Gasteiger partial charge in [-0.1, -0.05) is 18.2 Å². The standard InChI is InChI=1S/C17H27N3/c1-19(2)15-6-5-10-20(13-15)11-9-14-12-18-17-8-4-3-7-16(14)17/h3-4,7-8,14-15,18H,5-6,9-13H2,1-2H3. The van der Waals surface area contributed by atoms with Crippen molar-refractivity contribution in [1.29, 1.82) is 0 Å². The van der Waals surface area contributed by atoms with Gasteiger partial charge in [0.25, 0.3) is 0 Å². The van der Waals surface area contributed by atoms with E-state index in [0.29, 0.717) is 5.92 Å². The fourth-order valence-electron chi connectivity index (χ4n) is 3.61. The van der Waals surface area contributed by atoms with Crippen LogP contribution in [-0.4, -0.2) is 56.1 Å². The van der Waals surface area contributed by atoms with Crippen molar-refractivity contribution >= 4 is 5.69 Å². The Hall–Kier alpha value is -1.06. The van der Waals surface area contributed by atoms with E-state index in [1.165, 1.54) is 50.1 Å². The molecule has 2 heterocycles. The Balaban J connectivity index is 1.53. The van der Waals surface area contributed by atoms with Gasteiger partial charge in [-0.15, -0.1) is 0 Å². The third-order valence-corrected chi connectivity index (χ3v) is 4.94. The highest BCUT2D eigenvalue weighted by molar-refractivity contribution is 5.57. The fraction of sp³-hybridized carbons (Fsp3) is 0.647. The highest BCUT2D eigenvalue weighted by atomic mass is 15.2. The molecule has 3 nitrogen and oxygen atoms in total. The van der Waals surface area contributed by atoms with E-state index in [2.05, 4.69) is 53.5 Å². The normalized spacial score (nSPS) is 26.6. The second-order valence-corrected chi connectivity index (χ2v) is 6.51. The van der Waals surface area contributed by atoms with E-state index >= 15 is 0 Å². The van der Waals surface area contributed by atoms with Crippen LogP contribution in [0.25, 0.3) is 0 Å². The van der Waals surface area contributed by atoms with Crippen LogP contribution in [0.2, 0.25) is 0 Å². The second-order valence-electron chi connectivity index (χ2n) is 6.51. The van der Waals surface area contributed by atoms with Crippen molar-refractivity contribution in [3.05, 3.63) is 29.8 Å². The van der Waals surface area contributed by atoms with Crippen molar-refractivity contribution in [3.63, 3.8) is 0 Å². The molecule has 1 fully saturated rings. The van der Waals surface area contributed by atoms with Gasteiger partial charge in [0.05, 0.1) is 0 Å². The van der Waals surface area contributed by atoms with Gasteiger partial charge in [-0.3, -0.25) is 0 Å². The molecule has 1 aromatic carbocycles. The van der Waals surface area contributed by atoms with Crippen LogP contribution in [0.3, 0.4) is 0 Å². The summed E-state index contributed by atoms with van der Waals surface area (Å²) in [6.45, 7) is 4.89. The second kappa shape index (κ2) is 6.15. The van der Waals surface area contributed by atoms with Gasteiger partial charge in [0.1, 0.15) is 0 Å². The number of hydrogen-bond acceptors (Lipinski definition) is 3. The highest BCUT2D eigenvalue weighted by Crippen LogP contribution is 2.33. The maximum Gasteiger partial charge on any atom is 0.0376 e. The number of fused-ring (bicyclic) bond motifs is 1. The molecule has 3 heteroatoms. The molecule has 2 atom stereocenters. The quantitative estimate of drug-likeness (QED) is 0.910. The molecule has 0 saturated carbocycles. The van der Waals surface area contributed by atoms with E-state index in [1.807, 2.05) is 0 Å². The lowest BCUT2D eigenvalue weighted by atomic mass is 9.97. The molecule has 2 aliphatic heterocycles. The zero-order valence-corrected chi connectivity index (χ0v) is 12.8. The lowest BCUT2D eigenvalue weighted by Crippen LogP contribution is -2.45. The summed E-state index contributed by atoms with van der Waals surface area (Å²) in [6.07, 6.45) is 3.99. The predicted molar refractivity (Wildman–Crippen MR) is 85.4 cm³/mol. The zero-order valence-electron chi connectivity index (χ0n) is 12.8. The minimum atomic E-state index is 0.700. The van der Waals surface area contributed by atoms with E-state index < -0.39 is 0 Å². The zero-order chi connectivity index (χ0) is 13.9. The van der Waals surface area contributed by atoms with Gasteiger partial charge in [0.2, 0.25) is 0 Å². The monoisotopic (exact) mass is 273 g/mol. The third kappa shape index (κ3) is 2.99. The Labute approximate surface area is 123 Å². The average molecular weight is 273 g/mol. The van der Waals surface area contributed by atoms with Gasteiger partial charge in [-0.25, -0.2) is 0 Å². The van der Waals surface area contributed by atoms with Crippen LogP contribution in [0.1, 0.15) is 30.7 Å². The molecule has 110 valence electrons. The topological polar surface area (TPSA) is 18.5 Å². The molecule has 0 bridgehead atoms. The molecule has 0 spiro atoms. The summed E-state index contributed by atoms with van der Waals surface area (Å²) in [4.78, 5) is 5.05. The third-order valence-electron chi connectivity index (χ3n) is 4.94. The summed E-state index contributed by atoms with van der Waals surface area (Å²) in [5.41, 5.74) is 2.87. The van der Waals surface area contributed by atoms with Crippen molar-refractivity contribution in [1.82, 2.24) is 9.80 Å². The van der Waals surface area contributed by atoms with E-state index in [1.54, 1.807) is 0 Å². The van der Waals surface area contributed by atoms with Gasteiger partial charge in [-0.05, 0) is 58.1 Å². The highest BCUT2D eigenvalue weighted by Gasteiger charge is 2.25. The number of rotatable bonds is 4. The van der Waals surface area contributed by atoms with Crippen LogP contribution in [0.5, 0.6) is 0 Å². The molecule has 0 aliphatic carbocycles. The Morgan fingerprint density at radius 3 is 3.00 bits per heavy atom. The molecule has 1 saturated heterocycles. The fourth-order valence-corrected chi connectivity index (χ4v) is 3.61. The van der Waals surface area contributed by atoms with Crippen LogP contribution >= 0.6 is 0 Å². The number of piperidine rings is 1. The van der Waals surface area contributed by atoms with E-state index in [4.69, 9.17) is 0 Å². The maximum atomic E-state index is 3.54. The van der Waals surface area contributed by atoms with Crippen molar-refractivity contribution in [2.45, 2.75) is 31.2 Å². The van der Waals surface area contributed by atoms with Crippen LogP contribution < -0.4 is 5.32 Å². The summed E-state index contributed by atoms with van der Waals surface area (Å²) < 4.78 is 0. The lowest BCUT2D eigenvalue weighted by Gasteiger charge is -2.36. The van der Waals surface area contributed by atoms with Crippen LogP contribution in [0, 0.1) is 0 Å². The number of anilines is 1. The van der Waals surface area contributed by atoms with Crippen molar-refractivity contribution in [2.24, 2.45) is 0 Å². The molecular weight excluding hydrogens is 246 g/mol. The van der Waals surface area contributed by atoms with Crippen LogP contribution in [0.4, 0.5) is 5.69 Å². The number of nitrogens with one attached hydrogen (secondary N) is 1. The van der Waals surface area contributed by atoms with Gasteiger partial charge < -0.3 is 15.1 Å². The van der Waals surface area contributed by atoms with Gasteiger partial charge in [-0.2, -0.15) is 0 Å². The number of likely N-dealkylation sites (N-methyl/N-ethyl adjacent to an activating group) is 1. The average Bonchev–Trinajstić information content (AvgIpc) is 2.89. The minimum Gasteiger partial charge on any atom is -0.384 e. The molecule has 2 unspecified atom stereocenters. The number of benzene rings is 1. The van der Waals surface area contributed by atoms with E-state index in [9.17, 15) is 0 Å². The molecule has 2 aliphatic rings. The molecule has 0 radical (unpaired) electrons.